The number of hydrogen-bond acceptors (Lipinski definition) is 6. The summed E-state index contributed by atoms with van der Waals surface area (Å²) >= 11 is 3.10. The minimum absolute atomic E-state index is 0.0422. The predicted octanol–water partition coefficient (Wildman–Crippen LogP) is 5.88. The number of amides is 1. The van der Waals surface area contributed by atoms with Gasteiger partial charge in [0, 0.05) is 21.4 Å². The summed E-state index contributed by atoms with van der Waals surface area (Å²) in [4.78, 5) is 32.4. The van der Waals surface area contributed by atoms with Crippen LogP contribution in [-0.2, 0) is 17.9 Å². The Labute approximate surface area is 212 Å². The smallest absolute Gasteiger partial charge is 0.248 e. The molecule has 1 amide bonds. The van der Waals surface area contributed by atoms with Gasteiger partial charge in [-0.3, -0.25) is 9.59 Å². The van der Waals surface area contributed by atoms with Crippen molar-refractivity contribution in [2.45, 2.75) is 49.7 Å². The van der Waals surface area contributed by atoms with E-state index >= 15 is 0 Å². The molecule has 180 valence electrons. The van der Waals surface area contributed by atoms with Gasteiger partial charge >= 0.3 is 0 Å². The maximum absolute atomic E-state index is 14.0. The number of allylic oxidation sites excluding steroid dienone is 1. The largest absolute Gasteiger partial charge is 0.467 e. The van der Waals surface area contributed by atoms with Crippen molar-refractivity contribution in [3.63, 3.8) is 0 Å². The van der Waals surface area contributed by atoms with Crippen molar-refractivity contribution in [2.24, 2.45) is 0 Å². The van der Waals surface area contributed by atoms with Gasteiger partial charge < -0.3 is 14.3 Å². The van der Waals surface area contributed by atoms with E-state index in [0.29, 0.717) is 13.1 Å². The molecule has 0 spiro atoms. The highest BCUT2D eigenvalue weighted by Gasteiger charge is 2.29. The Balaban J connectivity index is 1.39. The predicted molar refractivity (Wildman–Crippen MR) is 141 cm³/mol. The zero-order valence-electron chi connectivity index (χ0n) is 19.2. The van der Waals surface area contributed by atoms with Crippen LogP contribution in [0.15, 0.2) is 92.0 Å². The van der Waals surface area contributed by atoms with E-state index in [-0.39, 0.29) is 11.5 Å². The molecule has 0 saturated heterocycles. The summed E-state index contributed by atoms with van der Waals surface area (Å²) in [6, 6.07) is 16.6. The Morgan fingerprint density at radius 1 is 1.14 bits per heavy atom. The molecule has 8 heteroatoms. The molecule has 0 aliphatic heterocycles. The molecule has 2 N–H and O–H groups in total. The summed E-state index contributed by atoms with van der Waals surface area (Å²) < 4.78 is 9.06. The first-order valence-electron chi connectivity index (χ1n) is 11.7. The maximum atomic E-state index is 14.0. The van der Waals surface area contributed by atoms with Gasteiger partial charge in [0.15, 0.2) is 0 Å². The first-order valence-corrected chi connectivity index (χ1v) is 13.4. The van der Waals surface area contributed by atoms with Crippen LogP contribution in [0.3, 0.4) is 0 Å². The summed E-state index contributed by atoms with van der Waals surface area (Å²) in [5, 5.41) is 2.99. The van der Waals surface area contributed by atoms with E-state index < -0.39 is 6.04 Å². The second-order valence-electron chi connectivity index (χ2n) is 8.60. The number of thiophene rings is 1. The molecule has 0 fully saturated rings. The van der Waals surface area contributed by atoms with Crippen LogP contribution in [0.25, 0.3) is 10.9 Å². The summed E-state index contributed by atoms with van der Waals surface area (Å²) in [6.07, 6.45) is 8.03. The van der Waals surface area contributed by atoms with E-state index in [2.05, 4.69) is 21.8 Å². The molecule has 6 nitrogen and oxygen atoms in total. The molecular weight excluding hydrogens is 478 g/mol. The van der Waals surface area contributed by atoms with E-state index in [9.17, 15) is 9.59 Å². The number of nitrogens with one attached hydrogen (secondary N) is 2. The quantitative estimate of drug-likeness (QED) is 0.219. The molecule has 0 saturated carbocycles. The Kier molecular flexibility index (Phi) is 7.51. The lowest BCUT2D eigenvalue weighted by Gasteiger charge is -2.29. The standard InChI is InChI=1S/C27H27N3O3S2/c31-25-13-10-20-16-22(11-12-24(20)28-25)35-29-26(19-6-2-1-3-7-19)27(32)30(17-21-8-4-14-33-21)18-23-9-5-15-34-23/h4-6,8-16,26,29H,1-3,7,17-18H2,(H,28,31)/t26-/m1/s1. The Hall–Kier alpha value is -3.07. The molecule has 1 aliphatic rings. The average molecular weight is 506 g/mol. The Bertz CT molecular complexity index is 1320. The molecule has 0 bridgehead atoms. The van der Waals surface area contributed by atoms with Gasteiger partial charge in [0.1, 0.15) is 11.8 Å². The van der Waals surface area contributed by atoms with Gasteiger partial charge in [-0.2, -0.15) is 0 Å². The minimum atomic E-state index is -0.429. The lowest BCUT2D eigenvalue weighted by Crippen LogP contribution is -2.45. The normalized spacial score (nSPS) is 14.6. The van der Waals surface area contributed by atoms with Crippen molar-refractivity contribution >= 4 is 40.1 Å². The van der Waals surface area contributed by atoms with Crippen molar-refractivity contribution in [2.75, 3.05) is 0 Å². The van der Waals surface area contributed by atoms with Gasteiger partial charge in [0.25, 0.3) is 0 Å². The van der Waals surface area contributed by atoms with Crippen molar-refractivity contribution < 1.29 is 9.21 Å². The number of benzene rings is 1. The van der Waals surface area contributed by atoms with E-state index in [1.54, 1.807) is 17.6 Å². The molecule has 5 rings (SSSR count). The number of carbonyl (C=O) groups excluding carboxylic acids is 1. The Morgan fingerprint density at radius 3 is 2.86 bits per heavy atom. The van der Waals surface area contributed by atoms with Crippen LogP contribution in [0.2, 0.25) is 0 Å². The molecular formula is C27H27N3O3S2. The van der Waals surface area contributed by atoms with Gasteiger partial charge in [-0.25, -0.2) is 4.72 Å². The number of carbonyl (C=O) groups is 1. The fourth-order valence-corrected chi connectivity index (χ4v) is 5.86. The second kappa shape index (κ2) is 11.1. The van der Waals surface area contributed by atoms with Crippen LogP contribution in [-0.4, -0.2) is 21.8 Å². The molecule has 0 unspecified atom stereocenters. The monoisotopic (exact) mass is 505 g/mol. The molecule has 3 aromatic heterocycles. The van der Waals surface area contributed by atoms with Gasteiger partial charge in [0.05, 0.1) is 19.4 Å². The van der Waals surface area contributed by atoms with Gasteiger partial charge in [0.2, 0.25) is 11.5 Å². The van der Waals surface area contributed by atoms with Crippen LogP contribution in [0.4, 0.5) is 0 Å². The zero-order valence-corrected chi connectivity index (χ0v) is 20.9. The van der Waals surface area contributed by atoms with E-state index in [4.69, 9.17) is 4.42 Å². The lowest BCUT2D eigenvalue weighted by atomic mass is 9.93. The molecule has 35 heavy (non-hydrogen) atoms. The van der Waals surface area contributed by atoms with Crippen LogP contribution < -0.4 is 10.3 Å². The fourth-order valence-electron chi connectivity index (χ4n) is 4.31. The topological polar surface area (TPSA) is 78.3 Å². The SMILES string of the molecule is O=C([C@H](NSc1ccc2[nH]c(=O)ccc2c1)C1=CCCCC1)N(Cc1ccco1)Cc1cccs1. The minimum Gasteiger partial charge on any atom is -0.467 e. The molecule has 1 aliphatic carbocycles. The van der Waals surface area contributed by atoms with Crippen molar-refractivity contribution in [1.82, 2.24) is 14.6 Å². The number of rotatable bonds is 9. The molecule has 1 aromatic carbocycles. The lowest BCUT2D eigenvalue weighted by molar-refractivity contribution is -0.133. The van der Waals surface area contributed by atoms with Crippen molar-refractivity contribution in [1.29, 1.82) is 0 Å². The van der Waals surface area contributed by atoms with Crippen LogP contribution in [0, 0.1) is 0 Å². The molecule has 3 heterocycles. The summed E-state index contributed by atoms with van der Waals surface area (Å²) in [6.45, 7) is 0.958. The highest BCUT2D eigenvalue weighted by molar-refractivity contribution is 7.97. The fraction of sp³-hybridized carbons (Fsp3) is 0.259. The summed E-state index contributed by atoms with van der Waals surface area (Å²) in [5.74, 6) is 0.808. The summed E-state index contributed by atoms with van der Waals surface area (Å²) in [5.41, 5.74) is 1.83. The number of hydrogen-bond donors (Lipinski definition) is 2. The van der Waals surface area contributed by atoms with Crippen LogP contribution >= 0.6 is 23.3 Å². The van der Waals surface area contributed by atoms with Crippen molar-refractivity contribution in [3.05, 3.63) is 98.9 Å². The number of furan rings is 1. The van der Waals surface area contributed by atoms with Gasteiger partial charge in [-0.15, -0.1) is 11.3 Å². The zero-order chi connectivity index (χ0) is 24.0. The number of aromatic nitrogens is 1. The number of nitrogens with zero attached hydrogens (tertiary/aromatic N) is 1. The third kappa shape index (κ3) is 5.96. The Morgan fingerprint density at radius 2 is 2.09 bits per heavy atom. The highest BCUT2D eigenvalue weighted by atomic mass is 32.2. The summed E-state index contributed by atoms with van der Waals surface area (Å²) in [7, 11) is 0. The van der Waals surface area contributed by atoms with Gasteiger partial charge in [-0.1, -0.05) is 12.1 Å². The van der Waals surface area contributed by atoms with Gasteiger partial charge in [-0.05, 0) is 96.4 Å². The maximum Gasteiger partial charge on any atom is 0.248 e. The number of pyridine rings is 1. The van der Waals surface area contributed by atoms with Crippen LogP contribution in [0.5, 0.6) is 0 Å². The number of fused-ring (bicyclic) bond motifs is 1. The second-order valence-corrected chi connectivity index (χ2v) is 10.5. The van der Waals surface area contributed by atoms with E-state index in [0.717, 1.165) is 57.7 Å². The third-order valence-electron chi connectivity index (χ3n) is 6.10. The first-order chi connectivity index (χ1) is 17.2. The van der Waals surface area contributed by atoms with Crippen molar-refractivity contribution in [3.8, 4) is 0 Å². The average Bonchev–Trinajstić information content (AvgIpc) is 3.59. The molecule has 4 aromatic rings. The molecule has 1 atom stereocenters. The number of aromatic amines is 1. The highest BCUT2D eigenvalue weighted by Crippen LogP contribution is 2.27. The number of H-pyrrole nitrogens is 1. The van der Waals surface area contributed by atoms with E-state index in [1.807, 2.05) is 52.7 Å². The van der Waals surface area contributed by atoms with E-state index in [1.165, 1.54) is 18.0 Å². The molecule has 0 radical (unpaired) electrons. The first kappa shape index (κ1) is 23.7. The van der Waals surface area contributed by atoms with Crippen LogP contribution in [0.1, 0.15) is 36.3 Å². The third-order valence-corrected chi connectivity index (χ3v) is 7.80.